The average molecular weight is 1010 g/mol. The van der Waals surface area contributed by atoms with Crippen LogP contribution in [-0.2, 0) is 10.8 Å². The summed E-state index contributed by atoms with van der Waals surface area (Å²) in [5.41, 5.74) is 22.0. The number of nitriles is 1. The topological polar surface area (TPSA) is 30.3 Å². The predicted molar refractivity (Wildman–Crippen MR) is 334 cm³/mol. The van der Waals surface area contributed by atoms with Crippen LogP contribution in [0.25, 0.3) is 54.9 Å². The van der Waals surface area contributed by atoms with Gasteiger partial charge in [-0.05, 0) is 160 Å². The Bertz CT molecular complexity index is 4150. The molecule has 2 heterocycles. The molecule has 3 nitrogen and oxygen atoms in total. The first kappa shape index (κ1) is 47.7. The van der Waals surface area contributed by atoms with Gasteiger partial charge in [0.1, 0.15) is 0 Å². The zero-order valence-electron chi connectivity index (χ0n) is 44.8. The summed E-state index contributed by atoms with van der Waals surface area (Å²) < 4.78 is 0. The first-order valence-corrected chi connectivity index (χ1v) is 27.5. The first-order valence-electron chi connectivity index (χ1n) is 27.5. The Morgan fingerprint density at radius 2 is 0.696 bits per heavy atom. The van der Waals surface area contributed by atoms with Gasteiger partial charge < -0.3 is 9.80 Å². The zero-order valence-corrected chi connectivity index (χ0v) is 44.8. The van der Waals surface area contributed by atoms with Crippen molar-refractivity contribution in [3.05, 3.63) is 295 Å². The molecule has 79 heavy (non-hydrogen) atoms. The van der Waals surface area contributed by atoms with E-state index in [4.69, 9.17) is 0 Å². The number of rotatable bonds is 9. The molecule has 2 aliphatic rings. The Balaban J connectivity index is 1.07. The molecule has 12 aromatic rings. The van der Waals surface area contributed by atoms with Crippen LogP contribution in [0.2, 0.25) is 0 Å². The molecule has 0 bridgehead atoms. The maximum atomic E-state index is 11.1. The van der Waals surface area contributed by atoms with Crippen molar-refractivity contribution in [1.29, 1.82) is 5.26 Å². The minimum atomic E-state index is -0.291. The largest absolute Gasteiger partial charge is 0.311 e. The smallest absolute Gasteiger partial charge is 0.252 e. The number of benzene rings is 12. The molecule has 374 valence electrons. The van der Waals surface area contributed by atoms with Crippen molar-refractivity contribution in [2.24, 2.45) is 0 Å². The van der Waals surface area contributed by atoms with Crippen molar-refractivity contribution in [2.75, 3.05) is 9.80 Å². The summed E-state index contributed by atoms with van der Waals surface area (Å²) in [5, 5.41) is 15.8. The van der Waals surface area contributed by atoms with E-state index in [-0.39, 0.29) is 17.5 Å². The van der Waals surface area contributed by atoms with E-state index < -0.39 is 0 Å². The van der Waals surface area contributed by atoms with Gasteiger partial charge in [-0.1, -0.05) is 228 Å². The van der Waals surface area contributed by atoms with Crippen LogP contribution in [0.1, 0.15) is 55.5 Å². The van der Waals surface area contributed by atoms with Crippen LogP contribution in [-0.4, -0.2) is 6.71 Å². The first-order chi connectivity index (χ1) is 38.7. The fourth-order valence-electron chi connectivity index (χ4n) is 13.0. The molecule has 0 amide bonds. The molecule has 0 aliphatic carbocycles. The Labute approximate surface area is 464 Å². The minimum absolute atomic E-state index is 0.103. The van der Waals surface area contributed by atoms with Gasteiger partial charge in [-0.15, -0.1) is 0 Å². The number of nitrogens with zero attached hydrogens (tertiary/aromatic N) is 3. The summed E-state index contributed by atoms with van der Waals surface area (Å²) in [5.74, 6) is 0. The molecule has 0 N–H and O–H groups in total. The van der Waals surface area contributed by atoms with Gasteiger partial charge in [0.2, 0.25) is 0 Å². The summed E-state index contributed by atoms with van der Waals surface area (Å²) in [4.78, 5) is 5.02. The van der Waals surface area contributed by atoms with Crippen LogP contribution < -0.4 is 26.2 Å². The van der Waals surface area contributed by atoms with Crippen molar-refractivity contribution in [2.45, 2.75) is 38.5 Å². The molecule has 0 saturated carbocycles. The number of anilines is 6. The number of fused-ring (bicyclic) bond motifs is 6. The Morgan fingerprint density at radius 1 is 0.329 bits per heavy atom. The van der Waals surface area contributed by atoms with Gasteiger partial charge in [0.05, 0.1) is 11.6 Å². The third-order valence-electron chi connectivity index (χ3n) is 17.2. The summed E-state index contributed by atoms with van der Waals surface area (Å²) in [6.07, 6.45) is 0. The molecule has 0 unspecified atom stereocenters. The molecule has 0 radical (unpaired) electrons. The van der Waals surface area contributed by atoms with Crippen molar-refractivity contribution < 1.29 is 0 Å². The minimum Gasteiger partial charge on any atom is -0.311 e. The van der Waals surface area contributed by atoms with Crippen molar-refractivity contribution >= 4 is 78.8 Å². The second-order valence-corrected chi connectivity index (χ2v) is 22.4. The van der Waals surface area contributed by atoms with Gasteiger partial charge >= 0.3 is 0 Å². The molecule has 4 heteroatoms. The van der Waals surface area contributed by atoms with Crippen LogP contribution >= 0.6 is 0 Å². The monoisotopic (exact) mass is 1010 g/mol. The van der Waals surface area contributed by atoms with E-state index in [1.807, 2.05) is 0 Å². The van der Waals surface area contributed by atoms with Gasteiger partial charge in [-0.3, -0.25) is 0 Å². The number of hydrogen-bond donors (Lipinski definition) is 0. The summed E-state index contributed by atoms with van der Waals surface area (Å²) in [7, 11) is 0. The lowest BCUT2D eigenvalue weighted by Crippen LogP contribution is -2.61. The second kappa shape index (κ2) is 18.8. The van der Waals surface area contributed by atoms with E-state index in [9.17, 15) is 5.26 Å². The molecule has 0 aromatic heterocycles. The molecule has 0 fully saturated rings. The molecular weight excluding hydrogens is 954 g/mol. The molecular formula is C75H56BN3. The highest BCUT2D eigenvalue weighted by Gasteiger charge is 2.45. The molecule has 12 aromatic carbocycles. The van der Waals surface area contributed by atoms with Gasteiger partial charge in [-0.25, -0.2) is 0 Å². The van der Waals surface area contributed by atoms with Crippen molar-refractivity contribution in [3.63, 3.8) is 0 Å². The maximum absolute atomic E-state index is 11.1. The van der Waals surface area contributed by atoms with E-state index in [1.54, 1.807) is 0 Å². The van der Waals surface area contributed by atoms with E-state index in [2.05, 4.69) is 310 Å². The highest BCUT2D eigenvalue weighted by Crippen LogP contribution is 2.50. The highest BCUT2D eigenvalue weighted by atomic mass is 15.2. The molecule has 14 rings (SSSR count). The second-order valence-electron chi connectivity index (χ2n) is 22.4. The van der Waals surface area contributed by atoms with E-state index in [0.717, 1.165) is 67.2 Å². The lowest BCUT2D eigenvalue weighted by Gasteiger charge is -2.45. The van der Waals surface area contributed by atoms with Gasteiger partial charge in [0.25, 0.3) is 6.71 Å². The van der Waals surface area contributed by atoms with Crippen LogP contribution in [0.3, 0.4) is 0 Å². The summed E-state index contributed by atoms with van der Waals surface area (Å²) in [6.45, 7) is 9.27. The van der Waals surface area contributed by atoms with Crippen LogP contribution in [0.4, 0.5) is 34.1 Å². The van der Waals surface area contributed by atoms with Gasteiger partial charge in [0, 0.05) is 45.0 Å². The van der Waals surface area contributed by atoms with Crippen molar-refractivity contribution in [1.82, 2.24) is 0 Å². The van der Waals surface area contributed by atoms with Crippen LogP contribution in [0.5, 0.6) is 0 Å². The number of para-hydroxylation sites is 2. The molecule has 2 aliphatic heterocycles. The average Bonchev–Trinajstić information content (AvgIpc) is 3.53. The van der Waals surface area contributed by atoms with E-state index in [0.29, 0.717) is 5.56 Å². The Hall–Kier alpha value is -9.69. The molecule has 0 saturated heterocycles. The zero-order chi connectivity index (χ0) is 53.4. The van der Waals surface area contributed by atoms with E-state index in [1.165, 1.54) is 60.5 Å². The quantitative estimate of drug-likeness (QED) is 0.107. The van der Waals surface area contributed by atoms with Crippen LogP contribution in [0.15, 0.2) is 267 Å². The standard InChI is InChI=1S/C75H56BN3/c1-74(2,55-26-12-6-13-27-55)57-38-40-65-67(47-57)78(59-30-16-8-17-31-59)69-45-53(46-70-73(69)76(65)66-41-39-58(75(3,4)56-28-14-7-15-29-56)48-68(66)79(70)60-32-18-9-19-33-60)52-42-50(49-77)43-54(44-52)72-63-36-22-20-34-61(63)71(51-24-10-5-11-25-51)62-35-21-23-37-64(62)72/h5-48H,1-4H3. The lowest BCUT2D eigenvalue weighted by atomic mass is 9.33. The van der Waals surface area contributed by atoms with Gasteiger partial charge in [-0.2, -0.15) is 5.26 Å². The normalized spacial score (nSPS) is 12.7. The predicted octanol–water partition coefficient (Wildman–Crippen LogP) is 17.6. The number of hydrogen-bond acceptors (Lipinski definition) is 3. The molecule has 0 atom stereocenters. The lowest BCUT2D eigenvalue weighted by molar-refractivity contribution is 0.641. The van der Waals surface area contributed by atoms with E-state index >= 15 is 0 Å². The SMILES string of the molecule is CC(C)(c1ccccc1)c1ccc2c(c1)N(c1ccccc1)c1cc(-c3cc(C#N)cc(-c4c5ccccc5c(-c5ccccc5)c5ccccc45)c3)cc3c1B2c1ccc(C(C)(C)c2ccccc2)cc1N3c1ccccc1. The molecule has 0 spiro atoms. The van der Waals surface area contributed by atoms with Gasteiger partial charge in [0.15, 0.2) is 0 Å². The fourth-order valence-corrected chi connectivity index (χ4v) is 13.0. The third kappa shape index (κ3) is 7.80. The Kier molecular flexibility index (Phi) is 11.4. The highest BCUT2D eigenvalue weighted by molar-refractivity contribution is 7.00. The Morgan fingerprint density at radius 3 is 1.13 bits per heavy atom. The third-order valence-corrected chi connectivity index (χ3v) is 17.2. The maximum Gasteiger partial charge on any atom is 0.252 e. The summed E-state index contributed by atoms with van der Waals surface area (Å²) in [6, 6.07) is 100. The fraction of sp³-hybridized carbons (Fsp3) is 0.0800. The van der Waals surface area contributed by atoms with Crippen LogP contribution in [0, 0.1) is 11.3 Å². The summed E-state index contributed by atoms with van der Waals surface area (Å²) >= 11 is 0. The van der Waals surface area contributed by atoms with Crippen molar-refractivity contribution in [3.8, 4) is 39.4 Å².